The van der Waals surface area contributed by atoms with Crippen LogP contribution in [0.5, 0.6) is 5.75 Å². The number of nitriles is 1. The largest absolute Gasteiger partial charge is 0.573 e. The molecule has 3 aromatic rings. The molecule has 0 radical (unpaired) electrons. The van der Waals surface area contributed by atoms with Crippen molar-refractivity contribution in [3.05, 3.63) is 64.1 Å². The van der Waals surface area contributed by atoms with Gasteiger partial charge in [0.05, 0.1) is 11.2 Å². The SMILES string of the molecule is CC(c1ccc(OC(F)(F)F)cc1)N1C[C@H](C)N(c2cc(=O)n(C)c3ccc(C#N)nc23)C[C@@H]1CN(C)C. The zero-order valence-electron chi connectivity index (χ0n) is 22.0. The fraction of sp³-hybridized carbons (Fsp3) is 0.444. The van der Waals surface area contributed by atoms with E-state index in [2.05, 4.69) is 37.4 Å². The molecule has 3 heterocycles. The number of aromatic nitrogens is 2. The predicted octanol–water partition coefficient (Wildman–Crippen LogP) is 3.91. The highest BCUT2D eigenvalue weighted by molar-refractivity contribution is 5.89. The second kappa shape index (κ2) is 10.6. The monoisotopic (exact) mass is 528 g/mol. The Bertz CT molecular complexity index is 1400. The van der Waals surface area contributed by atoms with Gasteiger partial charge in [-0.2, -0.15) is 5.26 Å². The molecule has 1 saturated heterocycles. The summed E-state index contributed by atoms with van der Waals surface area (Å²) in [7, 11) is 5.66. The van der Waals surface area contributed by atoms with Gasteiger partial charge >= 0.3 is 6.36 Å². The Morgan fingerprint density at radius 3 is 2.47 bits per heavy atom. The summed E-state index contributed by atoms with van der Waals surface area (Å²) in [4.78, 5) is 24.0. The molecule has 4 rings (SSSR count). The van der Waals surface area contributed by atoms with Gasteiger partial charge < -0.3 is 19.1 Å². The van der Waals surface area contributed by atoms with E-state index in [1.165, 1.54) is 16.7 Å². The lowest BCUT2D eigenvalue weighted by atomic mass is 9.99. The van der Waals surface area contributed by atoms with Gasteiger partial charge in [-0.1, -0.05) is 12.1 Å². The van der Waals surface area contributed by atoms with Crippen molar-refractivity contribution in [3.8, 4) is 11.8 Å². The minimum Gasteiger partial charge on any atom is -0.406 e. The third-order valence-electron chi connectivity index (χ3n) is 7.05. The summed E-state index contributed by atoms with van der Waals surface area (Å²) in [6.45, 7) is 6.08. The molecule has 3 atom stereocenters. The zero-order valence-corrected chi connectivity index (χ0v) is 22.0. The Hall–Kier alpha value is -3.62. The summed E-state index contributed by atoms with van der Waals surface area (Å²) >= 11 is 0. The summed E-state index contributed by atoms with van der Waals surface area (Å²) in [5.41, 5.74) is 2.94. The fourth-order valence-corrected chi connectivity index (χ4v) is 5.19. The Morgan fingerprint density at radius 2 is 1.87 bits per heavy atom. The molecule has 1 fully saturated rings. The van der Waals surface area contributed by atoms with Gasteiger partial charge in [0.2, 0.25) is 0 Å². The standard InChI is InChI=1S/C27H31F3N6O2/c1-17-14-36(18(2)19-6-9-22(10-7-19)38-27(28,29)30)21(15-33(3)4)16-35(17)24-12-25(37)34(5)23-11-8-20(13-31)32-26(23)24/h6-12,17-18,21H,14-16H2,1-5H3/t17-,18?,21-/m0/s1. The highest BCUT2D eigenvalue weighted by Gasteiger charge is 2.36. The van der Waals surface area contributed by atoms with Crippen LogP contribution in [0.25, 0.3) is 11.0 Å². The third-order valence-corrected chi connectivity index (χ3v) is 7.05. The van der Waals surface area contributed by atoms with Crippen molar-refractivity contribution in [2.45, 2.75) is 38.3 Å². The normalized spacial score (nSPS) is 19.5. The number of hydrogen-bond donors (Lipinski definition) is 0. The Kier molecular flexibility index (Phi) is 7.67. The maximum Gasteiger partial charge on any atom is 0.573 e. The smallest absolute Gasteiger partial charge is 0.406 e. The van der Waals surface area contributed by atoms with Crippen molar-refractivity contribution in [2.24, 2.45) is 7.05 Å². The number of likely N-dealkylation sites (N-methyl/N-ethyl adjacent to an activating group) is 1. The molecule has 0 N–H and O–H groups in total. The number of piperazine rings is 1. The molecule has 0 saturated carbocycles. The first-order chi connectivity index (χ1) is 17.9. The van der Waals surface area contributed by atoms with Crippen molar-refractivity contribution in [3.63, 3.8) is 0 Å². The van der Waals surface area contributed by atoms with Gasteiger partial charge in [-0.25, -0.2) is 4.98 Å². The molecule has 1 aliphatic heterocycles. The van der Waals surface area contributed by atoms with E-state index in [-0.39, 0.29) is 35.1 Å². The van der Waals surface area contributed by atoms with Crippen LogP contribution in [-0.2, 0) is 7.05 Å². The number of alkyl halides is 3. The van der Waals surface area contributed by atoms with Crippen LogP contribution in [0.1, 0.15) is 31.1 Å². The number of pyridine rings is 2. The van der Waals surface area contributed by atoms with E-state index >= 15 is 0 Å². The van der Waals surface area contributed by atoms with Crippen LogP contribution in [0, 0.1) is 11.3 Å². The van der Waals surface area contributed by atoms with E-state index < -0.39 is 6.36 Å². The average molecular weight is 529 g/mol. The zero-order chi connectivity index (χ0) is 27.8. The van der Waals surface area contributed by atoms with Gasteiger partial charge in [-0.05, 0) is 57.8 Å². The van der Waals surface area contributed by atoms with E-state index in [0.717, 1.165) is 12.1 Å². The molecule has 0 aliphatic carbocycles. The molecule has 8 nitrogen and oxygen atoms in total. The highest BCUT2D eigenvalue weighted by atomic mass is 19.4. The Balaban J connectivity index is 1.67. The molecule has 1 aromatic carbocycles. The summed E-state index contributed by atoms with van der Waals surface area (Å²) in [5, 5.41) is 9.42. The molecule has 1 unspecified atom stereocenters. The predicted molar refractivity (Wildman–Crippen MR) is 139 cm³/mol. The number of fused-ring (bicyclic) bond motifs is 1. The van der Waals surface area contributed by atoms with Gasteiger partial charge in [-0.15, -0.1) is 13.2 Å². The van der Waals surface area contributed by atoms with E-state index in [1.807, 2.05) is 21.0 Å². The Labute approximate surface area is 219 Å². The second-order valence-corrected chi connectivity index (χ2v) is 10.0. The van der Waals surface area contributed by atoms with E-state index in [0.29, 0.717) is 29.8 Å². The summed E-state index contributed by atoms with van der Waals surface area (Å²) in [5.74, 6) is -0.252. The van der Waals surface area contributed by atoms with Crippen LogP contribution in [-0.4, -0.2) is 71.5 Å². The number of halogens is 3. The van der Waals surface area contributed by atoms with Crippen molar-refractivity contribution in [1.82, 2.24) is 19.4 Å². The highest BCUT2D eigenvalue weighted by Crippen LogP contribution is 2.33. The third kappa shape index (κ3) is 5.76. The minimum atomic E-state index is -4.73. The summed E-state index contributed by atoms with van der Waals surface area (Å²) < 4.78 is 43.3. The number of nitrogens with zero attached hydrogens (tertiary/aromatic N) is 6. The topological polar surface area (TPSA) is 77.6 Å². The number of hydrogen-bond acceptors (Lipinski definition) is 7. The minimum absolute atomic E-state index is 0.00783. The number of rotatable bonds is 6. The van der Waals surface area contributed by atoms with E-state index in [1.54, 1.807) is 37.4 Å². The van der Waals surface area contributed by atoms with Crippen LogP contribution < -0.4 is 15.2 Å². The molecule has 38 heavy (non-hydrogen) atoms. The van der Waals surface area contributed by atoms with Gasteiger partial charge in [0.15, 0.2) is 0 Å². The lowest BCUT2D eigenvalue weighted by molar-refractivity contribution is -0.274. The van der Waals surface area contributed by atoms with Gasteiger partial charge in [0.25, 0.3) is 5.56 Å². The van der Waals surface area contributed by atoms with Crippen LogP contribution in [0.3, 0.4) is 0 Å². The number of benzene rings is 1. The average Bonchev–Trinajstić information content (AvgIpc) is 2.85. The van der Waals surface area contributed by atoms with Crippen LogP contribution >= 0.6 is 0 Å². The van der Waals surface area contributed by atoms with E-state index in [4.69, 9.17) is 0 Å². The quantitative estimate of drug-likeness (QED) is 0.480. The van der Waals surface area contributed by atoms with Gasteiger partial charge in [0.1, 0.15) is 23.0 Å². The molecular weight excluding hydrogens is 497 g/mol. The van der Waals surface area contributed by atoms with Crippen molar-refractivity contribution < 1.29 is 17.9 Å². The molecule has 0 amide bonds. The van der Waals surface area contributed by atoms with Gasteiger partial charge in [0, 0.05) is 50.9 Å². The molecule has 1 aliphatic rings. The van der Waals surface area contributed by atoms with Crippen LogP contribution in [0.4, 0.5) is 18.9 Å². The molecule has 2 aromatic heterocycles. The van der Waals surface area contributed by atoms with Crippen LogP contribution in [0.15, 0.2) is 47.3 Å². The molecular formula is C27H31F3N6O2. The summed E-state index contributed by atoms with van der Waals surface area (Å²) in [6, 6.07) is 13.0. The van der Waals surface area contributed by atoms with Crippen molar-refractivity contribution in [1.29, 1.82) is 5.26 Å². The van der Waals surface area contributed by atoms with Gasteiger partial charge in [-0.3, -0.25) is 9.69 Å². The number of aryl methyl sites for hydroxylation is 1. The molecule has 0 spiro atoms. The summed E-state index contributed by atoms with van der Waals surface area (Å²) in [6.07, 6.45) is -4.73. The molecule has 11 heteroatoms. The maximum absolute atomic E-state index is 12.8. The lowest BCUT2D eigenvalue weighted by Crippen LogP contribution is -2.60. The number of ether oxygens (including phenoxy) is 1. The van der Waals surface area contributed by atoms with Crippen molar-refractivity contribution in [2.75, 3.05) is 38.6 Å². The van der Waals surface area contributed by atoms with Crippen LogP contribution in [0.2, 0.25) is 0 Å². The molecule has 202 valence electrons. The first kappa shape index (κ1) is 27.4. The second-order valence-electron chi connectivity index (χ2n) is 10.0. The van der Waals surface area contributed by atoms with Crippen molar-refractivity contribution >= 4 is 16.7 Å². The first-order valence-corrected chi connectivity index (χ1v) is 12.3. The molecule has 0 bridgehead atoms. The fourth-order valence-electron chi connectivity index (χ4n) is 5.19. The first-order valence-electron chi connectivity index (χ1n) is 12.3. The maximum atomic E-state index is 12.8. The Morgan fingerprint density at radius 1 is 1.18 bits per heavy atom. The lowest BCUT2D eigenvalue weighted by Gasteiger charge is -2.49. The van der Waals surface area contributed by atoms with E-state index in [9.17, 15) is 23.2 Å². The number of anilines is 1.